The van der Waals surface area contributed by atoms with Crippen LogP contribution in [0.1, 0.15) is 5.56 Å². The van der Waals surface area contributed by atoms with Crippen molar-refractivity contribution in [3.8, 4) is 0 Å². The van der Waals surface area contributed by atoms with E-state index in [1.807, 2.05) is 19.0 Å². The van der Waals surface area contributed by atoms with Gasteiger partial charge in [-0.3, -0.25) is 0 Å². The smallest absolute Gasteiger partial charge is 0.175 e. The second-order valence-electron chi connectivity index (χ2n) is 3.72. The maximum Gasteiger partial charge on any atom is 0.175 e. The largest absolute Gasteiger partial charge is 0.378 e. The first-order chi connectivity index (χ1) is 6.73. The summed E-state index contributed by atoms with van der Waals surface area (Å²) in [6.07, 6.45) is 1.19. The summed E-state index contributed by atoms with van der Waals surface area (Å²) in [5, 5.41) is 0.474. The summed E-state index contributed by atoms with van der Waals surface area (Å²) in [5.74, 6) is 0. The van der Waals surface area contributed by atoms with E-state index in [1.54, 1.807) is 19.1 Å². The molecule has 0 aliphatic rings. The first kappa shape index (κ1) is 12.3. The number of anilines is 1. The van der Waals surface area contributed by atoms with Crippen molar-refractivity contribution < 1.29 is 8.42 Å². The number of sulfone groups is 1. The van der Waals surface area contributed by atoms with Crippen LogP contribution in [-0.4, -0.2) is 28.8 Å². The number of halogens is 1. The van der Waals surface area contributed by atoms with Crippen molar-refractivity contribution in [2.24, 2.45) is 0 Å². The van der Waals surface area contributed by atoms with Crippen LogP contribution in [0, 0.1) is 6.92 Å². The van der Waals surface area contributed by atoms with Crippen LogP contribution in [-0.2, 0) is 9.84 Å². The maximum absolute atomic E-state index is 11.5. The zero-order chi connectivity index (χ0) is 11.8. The Morgan fingerprint density at radius 2 is 1.80 bits per heavy atom. The van der Waals surface area contributed by atoms with E-state index in [-0.39, 0.29) is 0 Å². The molecule has 1 aromatic rings. The highest BCUT2D eigenvalue weighted by molar-refractivity contribution is 7.90. The highest BCUT2D eigenvalue weighted by atomic mass is 35.5. The van der Waals surface area contributed by atoms with Gasteiger partial charge in [-0.25, -0.2) is 8.42 Å². The van der Waals surface area contributed by atoms with Crippen molar-refractivity contribution >= 4 is 27.1 Å². The van der Waals surface area contributed by atoms with Crippen molar-refractivity contribution in [2.75, 3.05) is 25.3 Å². The zero-order valence-electron chi connectivity index (χ0n) is 9.20. The van der Waals surface area contributed by atoms with Gasteiger partial charge in [-0.1, -0.05) is 11.6 Å². The van der Waals surface area contributed by atoms with Crippen molar-refractivity contribution in [2.45, 2.75) is 11.8 Å². The standard InChI is InChI=1S/C10H14ClNO2S/c1-7-9(11)5-8(12(2)3)6-10(7)15(4,13)14/h5-6H,1-4H3. The summed E-state index contributed by atoms with van der Waals surface area (Å²) >= 11 is 5.98. The molecule has 3 nitrogen and oxygen atoms in total. The van der Waals surface area contributed by atoms with Gasteiger partial charge in [-0.2, -0.15) is 0 Å². The summed E-state index contributed by atoms with van der Waals surface area (Å²) < 4.78 is 23.0. The summed E-state index contributed by atoms with van der Waals surface area (Å²) in [5.41, 5.74) is 1.38. The van der Waals surface area contributed by atoms with E-state index in [0.29, 0.717) is 15.5 Å². The van der Waals surface area contributed by atoms with E-state index in [4.69, 9.17) is 11.6 Å². The fourth-order valence-corrected chi connectivity index (χ4v) is 2.55. The molecular weight excluding hydrogens is 234 g/mol. The van der Waals surface area contributed by atoms with Crippen molar-refractivity contribution in [3.63, 3.8) is 0 Å². The Kier molecular flexibility index (Phi) is 3.31. The van der Waals surface area contributed by atoms with Gasteiger partial charge in [0.1, 0.15) is 0 Å². The molecule has 0 N–H and O–H groups in total. The molecule has 0 atom stereocenters. The van der Waals surface area contributed by atoms with Gasteiger partial charge in [0.2, 0.25) is 0 Å². The Morgan fingerprint density at radius 3 is 2.20 bits per heavy atom. The number of nitrogens with zero attached hydrogens (tertiary/aromatic N) is 1. The van der Waals surface area contributed by atoms with Crippen LogP contribution in [0.3, 0.4) is 0 Å². The number of hydrogen-bond donors (Lipinski definition) is 0. The van der Waals surface area contributed by atoms with Crippen molar-refractivity contribution in [1.82, 2.24) is 0 Å². The highest BCUT2D eigenvalue weighted by Gasteiger charge is 2.15. The molecule has 0 aromatic heterocycles. The van der Waals surface area contributed by atoms with Gasteiger partial charge in [0.25, 0.3) is 0 Å². The van der Waals surface area contributed by atoms with Gasteiger partial charge in [0.15, 0.2) is 9.84 Å². The molecule has 0 saturated heterocycles. The fraction of sp³-hybridized carbons (Fsp3) is 0.400. The second kappa shape index (κ2) is 4.02. The predicted molar refractivity (Wildman–Crippen MR) is 63.6 cm³/mol. The van der Waals surface area contributed by atoms with Crippen molar-refractivity contribution in [1.29, 1.82) is 0 Å². The lowest BCUT2D eigenvalue weighted by Gasteiger charge is -2.15. The van der Waals surface area contributed by atoms with Gasteiger partial charge in [-0.15, -0.1) is 0 Å². The highest BCUT2D eigenvalue weighted by Crippen LogP contribution is 2.28. The van der Waals surface area contributed by atoms with Crippen LogP contribution in [0.4, 0.5) is 5.69 Å². The predicted octanol–water partition coefficient (Wildman–Crippen LogP) is 2.12. The minimum Gasteiger partial charge on any atom is -0.378 e. The fourth-order valence-electron chi connectivity index (χ4n) is 1.28. The van der Waals surface area contributed by atoms with Crippen LogP contribution in [0.5, 0.6) is 0 Å². The molecule has 0 fully saturated rings. The van der Waals surface area contributed by atoms with Crippen LogP contribution in [0.25, 0.3) is 0 Å². The molecule has 84 valence electrons. The SMILES string of the molecule is Cc1c(Cl)cc(N(C)C)cc1S(C)(=O)=O. The minimum atomic E-state index is -3.22. The average molecular weight is 248 g/mol. The molecular formula is C10H14ClNO2S. The van der Waals surface area contributed by atoms with Crippen LogP contribution in [0.15, 0.2) is 17.0 Å². The zero-order valence-corrected chi connectivity index (χ0v) is 10.8. The number of benzene rings is 1. The molecule has 0 heterocycles. The Hall–Kier alpha value is -0.740. The first-order valence-corrected chi connectivity index (χ1v) is 6.68. The van der Waals surface area contributed by atoms with E-state index in [2.05, 4.69) is 0 Å². The quantitative estimate of drug-likeness (QED) is 0.804. The monoisotopic (exact) mass is 247 g/mol. The average Bonchev–Trinajstić information content (AvgIpc) is 2.06. The molecule has 0 saturated carbocycles. The summed E-state index contributed by atoms with van der Waals surface area (Å²) in [4.78, 5) is 2.11. The molecule has 0 unspecified atom stereocenters. The first-order valence-electron chi connectivity index (χ1n) is 4.41. The lowest BCUT2D eigenvalue weighted by molar-refractivity contribution is 0.601. The number of hydrogen-bond acceptors (Lipinski definition) is 3. The molecule has 0 radical (unpaired) electrons. The van der Waals surface area contributed by atoms with Crippen molar-refractivity contribution in [3.05, 3.63) is 22.7 Å². The Balaban J connectivity index is 3.52. The van der Waals surface area contributed by atoms with Crippen LogP contribution < -0.4 is 4.90 Å². The molecule has 1 aromatic carbocycles. The Bertz CT molecular complexity index is 480. The Labute approximate surface area is 95.6 Å². The Morgan fingerprint density at radius 1 is 1.27 bits per heavy atom. The summed E-state index contributed by atoms with van der Waals surface area (Å²) in [7, 11) is 0.458. The molecule has 0 aliphatic carbocycles. The molecule has 15 heavy (non-hydrogen) atoms. The van der Waals surface area contributed by atoms with Crippen LogP contribution >= 0.6 is 11.6 Å². The van der Waals surface area contributed by atoms with E-state index < -0.39 is 9.84 Å². The third-order valence-corrected chi connectivity index (χ3v) is 3.81. The second-order valence-corrected chi connectivity index (χ2v) is 6.11. The molecule has 5 heteroatoms. The summed E-state index contributed by atoms with van der Waals surface area (Å²) in [6, 6.07) is 3.39. The maximum atomic E-state index is 11.5. The van der Waals surface area contributed by atoms with E-state index >= 15 is 0 Å². The van der Waals surface area contributed by atoms with E-state index in [1.165, 1.54) is 6.26 Å². The lowest BCUT2D eigenvalue weighted by Crippen LogP contribution is -2.10. The van der Waals surface area contributed by atoms with Gasteiger partial charge in [0, 0.05) is 31.1 Å². The molecule has 0 amide bonds. The molecule has 0 spiro atoms. The number of rotatable bonds is 2. The van der Waals surface area contributed by atoms with E-state index in [9.17, 15) is 8.42 Å². The lowest BCUT2D eigenvalue weighted by atomic mass is 10.2. The molecule has 1 rings (SSSR count). The van der Waals surface area contributed by atoms with Gasteiger partial charge >= 0.3 is 0 Å². The third kappa shape index (κ3) is 2.63. The van der Waals surface area contributed by atoms with E-state index in [0.717, 1.165) is 5.69 Å². The van der Waals surface area contributed by atoms with Crippen LogP contribution in [0.2, 0.25) is 5.02 Å². The molecule has 0 bridgehead atoms. The van der Waals surface area contributed by atoms with Gasteiger partial charge < -0.3 is 4.90 Å². The topological polar surface area (TPSA) is 37.4 Å². The van der Waals surface area contributed by atoms with Gasteiger partial charge in [-0.05, 0) is 24.6 Å². The van der Waals surface area contributed by atoms with Gasteiger partial charge in [0.05, 0.1) is 4.90 Å². The third-order valence-electron chi connectivity index (χ3n) is 2.20. The summed E-state index contributed by atoms with van der Waals surface area (Å²) in [6.45, 7) is 1.71. The molecule has 0 aliphatic heterocycles. The minimum absolute atomic E-state index is 0.290. The normalized spacial score (nSPS) is 11.5.